The van der Waals surface area contributed by atoms with Crippen molar-refractivity contribution in [1.29, 1.82) is 0 Å². The van der Waals surface area contributed by atoms with E-state index in [9.17, 15) is 8.78 Å². The molecule has 74 valence electrons. The molecule has 3 heteroatoms. The van der Waals surface area contributed by atoms with Crippen LogP contribution in [0.3, 0.4) is 0 Å². The van der Waals surface area contributed by atoms with Gasteiger partial charge in [0.25, 0.3) is 0 Å². The molecule has 0 bridgehead atoms. The molecule has 0 aliphatic carbocycles. The average molecular weight is 195 g/mol. The lowest BCUT2D eigenvalue weighted by atomic mass is 10.2. The van der Waals surface area contributed by atoms with E-state index < -0.39 is 11.6 Å². The van der Waals surface area contributed by atoms with E-state index in [2.05, 4.69) is 11.8 Å². The van der Waals surface area contributed by atoms with Gasteiger partial charge in [0, 0.05) is 18.1 Å². The third-order valence-electron chi connectivity index (χ3n) is 1.60. The molecule has 0 amide bonds. The largest absolute Gasteiger partial charge is 0.330 e. The zero-order chi connectivity index (χ0) is 10.4. The number of hydrogen-bond acceptors (Lipinski definition) is 1. The van der Waals surface area contributed by atoms with Gasteiger partial charge in [-0.05, 0) is 25.1 Å². The molecule has 1 rings (SSSR count). The second kappa shape index (κ2) is 5.36. The zero-order valence-corrected chi connectivity index (χ0v) is 7.69. The SMILES string of the molecule is NCCCC#Cc1cc(F)cc(F)c1. The maximum atomic E-state index is 12.7. The lowest BCUT2D eigenvalue weighted by Crippen LogP contribution is -1.96. The lowest BCUT2D eigenvalue weighted by Gasteiger charge is -1.92. The van der Waals surface area contributed by atoms with E-state index in [0.29, 0.717) is 18.5 Å². The van der Waals surface area contributed by atoms with Crippen LogP contribution < -0.4 is 5.73 Å². The molecule has 0 spiro atoms. The molecular weight excluding hydrogens is 184 g/mol. The molecule has 0 atom stereocenters. The summed E-state index contributed by atoms with van der Waals surface area (Å²) in [6.45, 7) is 0.576. The third kappa shape index (κ3) is 3.55. The summed E-state index contributed by atoms with van der Waals surface area (Å²) in [5.74, 6) is 4.26. The van der Waals surface area contributed by atoms with Crippen LogP contribution in [0, 0.1) is 23.5 Å². The number of halogens is 2. The van der Waals surface area contributed by atoms with Crippen LogP contribution in [0.1, 0.15) is 18.4 Å². The summed E-state index contributed by atoms with van der Waals surface area (Å²) < 4.78 is 25.4. The van der Waals surface area contributed by atoms with Crippen molar-refractivity contribution in [3.05, 3.63) is 35.4 Å². The molecule has 0 heterocycles. The second-order valence-electron chi connectivity index (χ2n) is 2.85. The van der Waals surface area contributed by atoms with Crippen LogP contribution in [-0.4, -0.2) is 6.54 Å². The van der Waals surface area contributed by atoms with Gasteiger partial charge in [-0.25, -0.2) is 8.78 Å². The molecule has 0 aromatic heterocycles. The van der Waals surface area contributed by atoms with Crippen LogP contribution in [0.2, 0.25) is 0 Å². The summed E-state index contributed by atoms with van der Waals surface area (Å²) >= 11 is 0. The smallest absolute Gasteiger partial charge is 0.127 e. The predicted octanol–water partition coefficient (Wildman–Crippen LogP) is 2.06. The highest BCUT2D eigenvalue weighted by molar-refractivity contribution is 5.34. The topological polar surface area (TPSA) is 26.0 Å². The van der Waals surface area contributed by atoms with E-state index in [-0.39, 0.29) is 0 Å². The number of hydrogen-bond donors (Lipinski definition) is 1. The quantitative estimate of drug-likeness (QED) is 0.567. The van der Waals surface area contributed by atoms with Gasteiger partial charge in [0.15, 0.2) is 0 Å². The number of benzene rings is 1. The summed E-state index contributed by atoms with van der Waals surface area (Å²) in [7, 11) is 0. The van der Waals surface area contributed by atoms with Gasteiger partial charge in [-0.2, -0.15) is 0 Å². The molecule has 14 heavy (non-hydrogen) atoms. The Labute approximate surface area is 81.9 Å². The molecular formula is C11H11F2N. The molecule has 0 aliphatic heterocycles. The fourth-order valence-corrected chi connectivity index (χ4v) is 0.981. The fraction of sp³-hybridized carbons (Fsp3) is 0.273. The highest BCUT2D eigenvalue weighted by Gasteiger charge is 1.96. The van der Waals surface area contributed by atoms with Gasteiger partial charge in [0.2, 0.25) is 0 Å². The molecule has 1 aromatic rings. The standard InChI is InChI=1S/C11H11F2N/c12-10-6-9(7-11(13)8-10)4-2-1-3-5-14/h6-8H,1,3,5,14H2. The molecule has 0 saturated carbocycles. The van der Waals surface area contributed by atoms with Crippen molar-refractivity contribution in [2.75, 3.05) is 6.54 Å². The minimum Gasteiger partial charge on any atom is -0.330 e. The van der Waals surface area contributed by atoms with Crippen LogP contribution in [0.15, 0.2) is 18.2 Å². The molecule has 0 radical (unpaired) electrons. The van der Waals surface area contributed by atoms with Gasteiger partial charge < -0.3 is 5.73 Å². The Morgan fingerprint density at radius 3 is 2.36 bits per heavy atom. The van der Waals surface area contributed by atoms with Crippen molar-refractivity contribution in [2.24, 2.45) is 5.73 Å². The Balaban J connectivity index is 2.69. The van der Waals surface area contributed by atoms with Crippen LogP contribution in [0.5, 0.6) is 0 Å². The molecule has 2 N–H and O–H groups in total. The Kier molecular flexibility index (Phi) is 4.09. The molecule has 0 unspecified atom stereocenters. The van der Waals surface area contributed by atoms with Crippen LogP contribution in [-0.2, 0) is 0 Å². The highest BCUT2D eigenvalue weighted by Crippen LogP contribution is 2.06. The van der Waals surface area contributed by atoms with Crippen LogP contribution in [0.25, 0.3) is 0 Å². The van der Waals surface area contributed by atoms with Crippen molar-refractivity contribution in [3.8, 4) is 11.8 Å². The van der Waals surface area contributed by atoms with Crippen molar-refractivity contribution < 1.29 is 8.78 Å². The summed E-state index contributed by atoms with van der Waals surface area (Å²) in [6, 6.07) is 3.24. The van der Waals surface area contributed by atoms with Crippen molar-refractivity contribution >= 4 is 0 Å². The summed E-state index contributed by atoms with van der Waals surface area (Å²) in [5, 5.41) is 0. The van der Waals surface area contributed by atoms with E-state index in [1.165, 1.54) is 12.1 Å². The first-order valence-electron chi connectivity index (χ1n) is 4.37. The fourth-order valence-electron chi connectivity index (χ4n) is 0.981. The van der Waals surface area contributed by atoms with Gasteiger partial charge >= 0.3 is 0 Å². The van der Waals surface area contributed by atoms with Gasteiger partial charge in [-0.1, -0.05) is 11.8 Å². The second-order valence-corrected chi connectivity index (χ2v) is 2.85. The van der Waals surface area contributed by atoms with E-state index in [0.717, 1.165) is 12.5 Å². The maximum absolute atomic E-state index is 12.7. The first-order chi connectivity index (χ1) is 6.72. The predicted molar refractivity (Wildman–Crippen MR) is 51.5 cm³/mol. The normalized spacial score (nSPS) is 9.36. The lowest BCUT2D eigenvalue weighted by molar-refractivity contribution is 0.582. The summed E-state index contributed by atoms with van der Waals surface area (Å²) in [6.07, 6.45) is 1.44. The molecule has 0 saturated heterocycles. The Morgan fingerprint density at radius 1 is 1.14 bits per heavy atom. The first kappa shape index (κ1) is 10.7. The molecule has 1 nitrogen and oxygen atoms in total. The Morgan fingerprint density at radius 2 is 1.79 bits per heavy atom. The zero-order valence-electron chi connectivity index (χ0n) is 7.69. The Bertz CT molecular complexity index is 343. The summed E-state index contributed by atoms with van der Waals surface area (Å²) in [5.41, 5.74) is 5.63. The van der Waals surface area contributed by atoms with Crippen molar-refractivity contribution in [3.63, 3.8) is 0 Å². The van der Waals surface area contributed by atoms with Gasteiger partial charge in [0.1, 0.15) is 11.6 Å². The average Bonchev–Trinajstić information content (AvgIpc) is 2.11. The van der Waals surface area contributed by atoms with Crippen molar-refractivity contribution in [1.82, 2.24) is 0 Å². The monoisotopic (exact) mass is 195 g/mol. The number of rotatable bonds is 2. The van der Waals surface area contributed by atoms with Crippen LogP contribution in [0.4, 0.5) is 8.78 Å². The highest BCUT2D eigenvalue weighted by atomic mass is 19.1. The number of nitrogens with two attached hydrogens (primary N) is 1. The molecule has 1 aromatic carbocycles. The third-order valence-corrected chi connectivity index (χ3v) is 1.60. The van der Waals surface area contributed by atoms with Gasteiger partial charge in [-0.3, -0.25) is 0 Å². The van der Waals surface area contributed by atoms with Crippen molar-refractivity contribution in [2.45, 2.75) is 12.8 Å². The van der Waals surface area contributed by atoms with E-state index in [1.54, 1.807) is 0 Å². The Hall–Kier alpha value is -1.40. The summed E-state index contributed by atoms with van der Waals surface area (Å²) in [4.78, 5) is 0. The van der Waals surface area contributed by atoms with Crippen LogP contribution >= 0.6 is 0 Å². The van der Waals surface area contributed by atoms with Gasteiger partial charge in [0.05, 0.1) is 0 Å². The van der Waals surface area contributed by atoms with E-state index in [1.807, 2.05) is 0 Å². The molecule has 0 aliphatic rings. The first-order valence-corrected chi connectivity index (χ1v) is 4.37. The minimum atomic E-state index is -0.604. The van der Waals surface area contributed by atoms with Gasteiger partial charge in [-0.15, -0.1) is 0 Å². The van der Waals surface area contributed by atoms with E-state index in [4.69, 9.17) is 5.73 Å². The molecule has 0 fully saturated rings. The maximum Gasteiger partial charge on any atom is 0.127 e. The number of unbranched alkanes of at least 4 members (excludes halogenated alkanes) is 1. The minimum absolute atomic E-state index is 0.361. The van der Waals surface area contributed by atoms with E-state index >= 15 is 0 Å².